The van der Waals surface area contributed by atoms with Crippen LogP contribution < -0.4 is 0 Å². The predicted octanol–water partition coefficient (Wildman–Crippen LogP) is 0.722. The van der Waals surface area contributed by atoms with Gasteiger partial charge in [-0.15, -0.1) is 0 Å². The Kier molecular flexibility index (Phi) is 3.21. The molecule has 1 aliphatic heterocycles. The molecule has 0 radical (unpaired) electrons. The lowest BCUT2D eigenvalue weighted by atomic mass is 9.89. The molecule has 14 heavy (non-hydrogen) atoms. The lowest BCUT2D eigenvalue weighted by Crippen LogP contribution is -2.51. The molecule has 1 aliphatic rings. The molecule has 1 saturated heterocycles. The Hall–Kier alpha value is -0.160. The van der Waals surface area contributed by atoms with Crippen LogP contribution in [0.2, 0.25) is 0 Å². The van der Waals surface area contributed by atoms with Crippen LogP contribution in [0.5, 0.6) is 0 Å². The van der Waals surface area contributed by atoms with E-state index in [0.717, 1.165) is 0 Å². The molecular weight excluding hydrogens is 184 g/mol. The fourth-order valence-corrected chi connectivity index (χ4v) is 1.19. The lowest BCUT2D eigenvalue weighted by molar-refractivity contribution is -0.347. The van der Waals surface area contributed by atoms with Crippen molar-refractivity contribution in [2.24, 2.45) is 10.8 Å². The Bertz CT molecular complexity index is 200. The summed E-state index contributed by atoms with van der Waals surface area (Å²) in [5, 5.41) is 18.8. The van der Waals surface area contributed by atoms with Crippen LogP contribution in [0.3, 0.4) is 0 Å². The van der Waals surface area contributed by atoms with Crippen molar-refractivity contribution < 1.29 is 19.7 Å². The minimum Gasteiger partial charge on any atom is -0.396 e. The van der Waals surface area contributed by atoms with E-state index in [9.17, 15) is 5.11 Å². The minimum atomic E-state index is -0.841. The summed E-state index contributed by atoms with van der Waals surface area (Å²) in [4.78, 5) is 0. The molecule has 0 spiro atoms. The summed E-state index contributed by atoms with van der Waals surface area (Å²) in [5.74, 6) is 0. The first-order valence-electron chi connectivity index (χ1n) is 4.85. The number of ether oxygens (including phenoxy) is 2. The van der Waals surface area contributed by atoms with Crippen molar-refractivity contribution in [1.29, 1.82) is 0 Å². The average molecular weight is 204 g/mol. The van der Waals surface area contributed by atoms with E-state index in [0.29, 0.717) is 6.61 Å². The van der Waals surface area contributed by atoms with Crippen molar-refractivity contribution in [3.05, 3.63) is 0 Å². The average Bonchev–Trinajstić information content (AvgIpc) is 2.09. The number of aliphatic hydroxyl groups excluding tert-OH is 2. The van der Waals surface area contributed by atoms with Gasteiger partial charge >= 0.3 is 0 Å². The number of aliphatic hydroxyl groups is 2. The molecule has 1 rings (SSSR count). The maximum atomic E-state index is 9.68. The summed E-state index contributed by atoms with van der Waals surface area (Å²) >= 11 is 0. The second-order valence-corrected chi connectivity index (χ2v) is 5.27. The zero-order valence-corrected chi connectivity index (χ0v) is 9.28. The van der Waals surface area contributed by atoms with E-state index >= 15 is 0 Å². The molecule has 0 aromatic carbocycles. The van der Waals surface area contributed by atoms with Gasteiger partial charge in [0.25, 0.3) is 0 Å². The van der Waals surface area contributed by atoms with Gasteiger partial charge in [-0.3, -0.25) is 0 Å². The standard InChI is InChI=1S/C10H20O4/c1-9(2,5-11)8-13-6-10(3,4)7(12)14-8/h7-8,11-12H,5-6H2,1-4H3. The van der Waals surface area contributed by atoms with Crippen molar-refractivity contribution in [2.45, 2.75) is 40.3 Å². The van der Waals surface area contributed by atoms with Gasteiger partial charge in [-0.05, 0) is 0 Å². The van der Waals surface area contributed by atoms with E-state index in [1.54, 1.807) is 0 Å². The van der Waals surface area contributed by atoms with E-state index in [4.69, 9.17) is 14.6 Å². The highest BCUT2D eigenvalue weighted by Gasteiger charge is 2.42. The van der Waals surface area contributed by atoms with Crippen LogP contribution in [0.1, 0.15) is 27.7 Å². The molecule has 0 aliphatic carbocycles. The van der Waals surface area contributed by atoms with Crippen molar-refractivity contribution in [3.63, 3.8) is 0 Å². The third-order valence-corrected chi connectivity index (χ3v) is 2.57. The molecule has 84 valence electrons. The first-order chi connectivity index (χ1) is 6.29. The minimum absolute atomic E-state index is 0.0369. The van der Waals surface area contributed by atoms with Crippen molar-refractivity contribution in [1.82, 2.24) is 0 Å². The van der Waals surface area contributed by atoms with E-state index < -0.39 is 18.0 Å². The van der Waals surface area contributed by atoms with Crippen molar-refractivity contribution in [2.75, 3.05) is 13.2 Å². The predicted molar refractivity (Wildman–Crippen MR) is 51.5 cm³/mol. The van der Waals surface area contributed by atoms with Gasteiger partial charge in [-0.25, -0.2) is 0 Å². The Labute approximate surface area is 84.8 Å². The second kappa shape index (κ2) is 3.77. The van der Waals surface area contributed by atoms with Gasteiger partial charge < -0.3 is 19.7 Å². The summed E-state index contributed by atoms with van der Waals surface area (Å²) in [5.41, 5.74) is -0.875. The van der Waals surface area contributed by atoms with Gasteiger partial charge in [0.05, 0.1) is 13.2 Å². The SMILES string of the molecule is CC1(C)COC(C(C)(C)CO)OC1O. The van der Waals surface area contributed by atoms with E-state index in [1.165, 1.54) is 0 Å². The third kappa shape index (κ3) is 2.25. The number of hydrogen-bond acceptors (Lipinski definition) is 4. The van der Waals surface area contributed by atoms with Crippen LogP contribution in [-0.2, 0) is 9.47 Å². The van der Waals surface area contributed by atoms with E-state index in [-0.39, 0.29) is 12.0 Å². The Balaban J connectivity index is 2.63. The molecule has 2 N–H and O–H groups in total. The molecule has 2 unspecified atom stereocenters. The van der Waals surface area contributed by atoms with Gasteiger partial charge in [-0.1, -0.05) is 27.7 Å². The molecule has 4 nitrogen and oxygen atoms in total. The monoisotopic (exact) mass is 204 g/mol. The number of rotatable bonds is 2. The Morgan fingerprint density at radius 1 is 1.43 bits per heavy atom. The highest BCUT2D eigenvalue weighted by molar-refractivity contribution is 4.81. The first-order valence-corrected chi connectivity index (χ1v) is 4.85. The maximum absolute atomic E-state index is 9.68. The Morgan fingerprint density at radius 3 is 2.43 bits per heavy atom. The second-order valence-electron chi connectivity index (χ2n) is 5.27. The first kappa shape index (κ1) is 11.9. The van der Waals surface area contributed by atoms with Crippen LogP contribution in [0.15, 0.2) is 0 Å². The molecule has 0 aromatic rings. The van der Waals surface area contributed by atoms with Gasteiger partial charge in [0.15, 0.2) is 12.6 Å². The summed E-state index contributed by atoms with van der Waals surface area (Å²) in [6.07, 6.45) is -1.39. The van der Waals surface area contributed by atoms with Crippen LogP contribution >= 0.6 is 0 Å². The van der Waals surface area contributed by atoms with Gasteiger partial charge in [0, 0.05) is 10.8 Å². The molecule has 0 amide bonds. The molecule has 0 saturated carbocycles. The number of hydrogen-bond donors (Lipinski definition) is 2. The quantitative estimate of drug-likeness (QED) is 0.696. The summed E-state index contributed by atoms with van der Waals surface area (Å²) < 4.78 is 10.8. The Morgan fingerprint density at radius 2 is 2.00 bits per heavy atom. The van der Waals surface area contributed by atoms with Crippen molar-refractivity contribution >= 4 is 0 Å². The normalized spacial score (nSPS) is 33.0. The highest BCUT2D eigenvalue weighted by atomic mass is 16.7. The largest absolute Gasteiger partial charge is 0.396 e. The van der Waals surface area contributed by atoms with Crippen LogP contribution in [-0.4, -0.2) is 36.0 Å². The molecule has 1 heterocycles. The smallest absolute Gasteiger partial charge is 0.167 e. The van der Waals surface area contributed by atoms with E-state index in [2.05, 4.69) is 0 Å². The molecule has 0 aromatic heterocycles. The topological polar surface area (TPSA) is 58.9 Å². The summed E-state index contributed by atoms with van der Waals surface area (Å²) in [6.45, 7) is 7.82. The summed E-state index contributed by atoms with van der Waals surface area (Å²) in [7, 11) is 0. The molecule has 0 bridgehead atoms. The fraction of sp³-hybridized carbons (Fsp3) is 1.00. The van der Waals surface area contributed by atoms with Crippen molar-refractivity contribution in [3.8, 4) is 0 Å². The van der Waals surface area contributed by atoms with Gasteiger partial charge in [-0.2, -0.15) is 0 Å². The molecular formula is C10H20O4. The molecule has 1 fully saturated rings. The molecule has 2 atom stereocenters. The van der Waals surface area contributed by atoms with E-state index in [1.807, 2.05) is 27.7 Å². The maximum Gasteiger partial charge on any atom is 0.167 e. The van der Waals surface area contributed by atoms with Crippen LogP contribution in [0.25, 0.3) is 0 Å². The fourth-order valence-electron chi connectivity index (χ4n) is 1.19. The third-order valence-electron chi connectivity index (χ3n) is 2.57. The lowest BCUT2D eigenvalue weighted by Gasteiger charge is -2.43. The van der Waals surface area contributed by atoms with Gasteiger partial charge in [0.1, 0.15) is 0 Å². The van der Waals surface area contributed by atoms with Gasteiger partial charge in [0.2, 0.25) is 0 Å². The van der Waals surface area contributed by atoms with Crippen LogP contribution in [0.4, 0.5) is 0 Å². The molecule has 4 heteroatoms. The highest BCUT2D eigenvalue weighted by Crippen LogP contribution is 2.35. The zero-order chi connectivity index (χ0) is 11.0. The van der Waals surface area contributed by atoms with Crippen LogP contribution in [0, 0.1) is 10.8 Å². The summed E-state index contributed by atoms with van der Waals surface area (Å²) in [6, 6.07) is 0. The zero-order valence-electron chi connectivity index (χ0n) is 9.28.